The van der Waals surface area contributed by atoms with Crippen LogP contribution in [0.3, 0.4) is 0 Å². The SMILES string of the molecule is CCOc1ccc(-n2c(SC(C)C(=O)Nc3ccccc3C(C)C)nnc2-c2cccnc2)cc1. The predicted octanol–water partition coefficient (Wildman–Crippen LogP) is 5.97. The van der Waals surface area contributed by atoms with E-state index < -0.39 is 5.25 Å². The van der Waals surface area contributed by atoms with Crippen LogP contribution in [0.25, 0.3) is 17.1 Å². The Kier molecular flexibility index (Phi) is 7.82. The molecule has 0 radical (unpaired) electrons. The number of nitrogens with one attached hydrogen (secondary N) is 1. The van der Waals surface area contributed by atoms with Crippen molar-refractivity contribution >= 4 is 23.4 Å². The molecule has 4 rings (SSSR count). The van der Waals surface area contributed by atoms with Crippen LogP contribution in [-0.4, -0.2) is 37.5 Å². The van der Waals surface area contributed by atoms with Crippen LogP contribution in [0.4, 0.5) is 5.69 Å². The molecule has 2 heterocycles. The fourth-order valence-electron chi connectivity index (χ4n) is 3.68. The van der Waals surface area contributed by atoms with Crippen molar-refractivity contribution in [3.8, 4) is 22.8 Å². The van der Waals surface area contributed by atoms with Crippen molar-refractivity contribution in [2.75, 3.05) is 11.9 Å². The van der Waals surface area contributed by atoms with Gasteiger partial charge in [-0.1, -0.05) is 43.8 Å². The van der Waals surface area contributed by atoms with Crippen molar-refractivity contribution in [2.45, 2.75) is 44.0 Å². The normalized spacial score (nSPS) is 11.9. The van der Waals surface area contributed by atoms with Gasteiger partial charge in [0.15, 0.2) is 11.0 Å². The van der Waals surface area contributed by atoms with Crippen LogP contribution in [0.5, 0.6) is 5.75 Å². The van der Waals surface area contributed by atoms with Crippen molar-refractivity contribution in [1.29, 1.82) is 0 Å². The molecule has 0 aliphatic heterocycles. The molecule has 35 heavy (non-hydrogen) atoms. The Labute approximate surface area is 210 Å². The number of amides is 1. The number of carbonyl (C=O) groups is 1. The maximum absolute atomic E-state index is 13.1. The Balaban J connectivity index is 1.63. The molecule has 0 aliphatic rings. The number of thioether (sulfide) groups is 1. The fraction of sp³-hybridized carbons (Fsp3) is 0.259. The van der Waals surface area contributed by atoms with E-state index in [1.54, 1.807) is 12.4 Å². The van der Waals surface area contributed by atoms with Crippen LogP contribution in [0.1, 0.15) is 39.2 Å². The molecule has 1 unspecified atom stereocenters. The van der Waals surface area contributed by atoms with Crippen LogP contribution in [-0.2, 0) is 4.79 Å². The first-order valence-electron chi connectivity index (χ1n) is 11.6. The van der Waals surface area contributed by atoms with Crippen LogP contribution in [0.15, 0.2) is 78.2 Å². The van der Waals surface area contributed by atoms with Crippen LogP contribution >= 0.6 is 11.8 Å². The van der Waals surface area contributed by atoms with Crippen LogP contribution in [0.2, 0.25) is 0 Å². The van der Waals surface area contributed by atoms with E-state index in [0.717, 1.165) is 28.3 Å². The standard InChI is InChI=1S/C27H29N5O2S/c1-5-34-22-14-12-21(13-15-22)32-25(20-9-8-16-28-17-20)30-31-27(32)35-19(4)26(33)29-24-11-7-6-10-23(24)18(2)3/h6-19H,5H2,1-4H3,(H,29,33). The Morgan fingerprint density at radius 3 is 2.49 bits per heavy atom. The van der Waals surface area contributed by atoms with Crippen molar-refractivity contribution < 1.29 is 9.53 Å². The highest BCUT2D eigenvalue weighted by atomic mass is 32.2. The smallest absolute Gasteiger partial charge is 0.237 e. The van der Waals surface area contributed by atoms with Gasteiger partial charge in [-0.05, 0) is 67.8 Å². The topological polar surface area (TPSA) is 81.9 Å². The molecule has 0 spiro atoms. The van der Waals surface area contributed by atoms with E-state index >= 15 is 0 Å². The summed E-state index contributed by atoms with van der Waals surface area (Å²) in [5, 5.41) is 12.2. The number of ether oxygens (including phenoxy) is 1. The summed E-state index contributed by atoms with van der Waals surface area (Å²) in [6, 6.07) is 19.5. The second-order valence-electron chi connectivity index (χ2n) is 8.30. The number of nitrogens with zero attached hydrogens (tertiary/aromatic N) is 4. The quantitative estimate of drug-likeness (QED) is 0.293. The zero-order valence-corrected chi connectivity index (χ0v) is 21.1. The molecule has 7 nitrogen and oxygen atoms in total. The predicted molar refractivity (Wildman–Crippen MR) is 140 cm³/mol. The zero-order chi connectivity index (χ0) is 24.8. The highest BCUT2D eigenvalue weighted by Crippen LogP contribution is 2.31. The summed E-state index contributed by atoms with van der Waals surface area (Å²) < 4.78 is 7.54. The van der Waals surface area contributed by atoms with E-state index in [0.29, 0.717) is 23.5 Å². The van der Waals surface area contributed by atoms with E-state index in [2.05, 4.69) is 34.3 Å². The molecule has 0 saturated carbocycles. The average Bonchev–Trinajstić information content (AvgIpc) is 3.29. The molecule has 180 valence electrons. The largest absolute Gasteiger partial charge is 0.494 e. The summed E-state index contributed by atoms with van der Waals surface area (Å²) in [6.45, 7) is 8.65. The Morgan fingerprint density at radius 1 is 1.03 bits per heavy atom. The number of carbonyl (C=O) groups excluding carboxylic acids is 1. The third kappa shape index (κ3) is 5.71. The van der Waals surface area contributed by atoms with E-state index in [4.69, 9.17) is 4.74 Å². The fourth-order valence-corrected chi connectivity index (χ4v) is 4.55. The van der Waals surface area contributed by atoms with Gasteiger partial charge in [0.05, 0.1) is 11.9 Å². The number of para-hydroxylation sites is 1. The second kappa shape index (κ2) is 11.2. The lowest BCUT2D eigenvalue weighted by molar-refractivity contribution is -0.115. The van der Waals surface area contributed by atoms with Gasteiger partial charge in [-0.15, -0.1) is 10.2 Å². The summed E-state index contributed by atoms with van der Waals surface area (Å²) in [4.78, 5) is 17.3. The number of benzene rings is 2. The van der Waals surface area contributed by atoms with Gasteiger partial charge in [-0.3, -0.25) is 14.3 Å². The molecular weight excluding hydrogens is 458 g/mol. The van der Waals surface area contributed by atoms with Gasteiger partial charge in [-0.25, -0.2) is 0 Å². The highest BCUT2D eigenvalue weighted by molar-refractivity contribution is 8.00. The molecule has 1 atom stereocenters. The second-order valence-corrected chi connectivity index (χ2v) is 9.61. The minimum Gasteiger partial charge on any atom is -0.494 e. The van der Waals surface area contributed by atoms with Gasteiger partial charge in [-0.2, -0.15) is 0 Å². The minimum absolute atomic E-state index is 0.0905. The number of anilines is 1. The lowest BCUT2D eigenvalue weighted by Crippen LogP contribution is -2.23. The number of hydrogen-bond acceptors (Lipinski definition) is 6. The minimum atomic E-state index is -0.400. The average molecular weight is 488 g/mol. The van der Waals surface area contributed by atoms with Crippen LogP contribution in [0, 0.1) is 0 Å². The maximum atomic E-state index is 13.1. The van der Waals surface area contributed by atoms with Gasteiger partial charge in [0.25, 0.3) is 0 Å². The summed E-state index contributed by atoms with van der Waals surface area (Å²) in [5.41, 5.74) is 3.65. The number of rotatable bonds is 9. The summed E-state index contributed by atoms with van der Waals surface area (Å²) in [7, 11) is 0. The Bertz CT molecular complexity index is 1270. The van der Waals surface area contributed by atoms with Gasteiger partial charge in [0.1, 0.15) is 5.75 Å². The Hall–Kier alpha value is -3.65. The molecular formula is C27H29N5O2S. The van der Waals surface area contributed by atoms with E-state index in [9.17, 15) is 4.79 Å². The zero-order valence-electron chi connectivity index (χ0n) is 20.3. The molecule has 8 heteroatoms. The molecule has 2 aromatic heterocycles. The molecule has 4 aromatic rings. The van der Waals surface area contributed by atoms with Gasteiger partial charge in [0, 0.05) is 29.3 Å². The number of aromatic nitrogens is 4. The molecule has 1 N–H and O–H groups in total. The molecule has 0 aliphatic carbocycles. The van der Waals surface area contributed by atoms with E-state index in [1.165, 1.54) is 11.8 Å². The molecule has 1 amide bonds. The molecule has 0 saturated heterocycles. The van der Waals surface area contributed by atoms with Crippen LogP contribution < -0.4 is 10.1 Å². The Morgan fingerprint density at radius 2 is 1.80 bits per heavy atom. The maximum Gasteiger partial charge on any atom is 0.237 e. The summed E-state index contributed by atoms with van der Waals surface area (Å²) >= 11 is 1.36. The lowest BCUT2D eigenvalue weighted by Gasteiger charge is -2.17. The molecule has 0 fully saturated rings. The third-order valence-electron chi connectivity index (χ3n) is 5.45. The first-order chi connectivity index (χ1) is 17.0. The number of pyridine rings is 1. The molecule has 0 bridgehead atoms. The monoisotopic (exact) mass is 487 g/mol. The van der Waals surface area contributed by atoms with Crippen molar-refractivity contribution in [3.63, 3.8) is 0 Å². The van der Waals surface area contributed by atoms with Gasteiger partial charge in [0.2, 0.25) is 5.91 Å². The van der Waals surface area contributed by atoms with Crippen molar-refractivity contribution in [1.82, 2.24) is 19.7 Å². The first kappa shape index (κ1) is 24.5. The van der Waals surface area contributed by atoms with E-state index in [-0.39, 0.29) is 5.91 Å². The highest BCUT2D eigenvalue weighted by Gasteiger charge is 2.23. The van der Waals surface area contributed by atoms with Gasteiger partial charge < -0.3 is 10.1 Å². The summed E-state index contributed by atoms with van der Waals surface area (Å²) in [6.07, 6.45) is 3.47. The van der Waals surface area contributed by atoms with Crippen molar-refractivity contribution in [2.24, 2.45) is 0 Å². The summed E-state index contributed by atoms with van der Waals surface area (Å²) in [5.74, 6) is 1.66. The third-order valence-corrected chi connectivity index (χ3v) is 6.49. The van der Waals surface area contributed by atoms with E-state index in [1.807, 2.05) is 79.1 Å². The molecule has 2 aromatic carbocycles. The van der Waals surface area contributed by atoms with Crippen molar-refractivity contribution in [3.05, 3.63) is 78.6 Å². The first-order valence-corrected chi connectivity index (χ1v) is 12.5. The number of hydrogen-bond donors (Lipinski definition) is 1. The lowest BCUT2D eigenvalue weighted by atomic mass is 10.0. The van der Waals surface area contributed by atoms with Gasteiger partial charge >= 0.3 is 0 Å².